The van der Waals surface area contributed by atoms with Crippen molar-refractivity contribution in [2.24, 2.45) is 0 Å². The zero-order valence-electron chi connectivity index (χ0n) is 8.48. The standard InChI is InChI=1S/C10H7BrClN3OS/c11-6-1-7(17-4-6)2-13-10-8(3-16)9(12)14-5-15-10/h1,3-5H,2H2,(H,13,14,15). The van der Waals surface area contributed by atoms with Gasteiger partial charge in [0.1, 0.15) is 17.3 Å². The summed E-state index contributed by atoms with van der Waals surface area (Å²) in [6.45, 7) is 0.588. The highest BCUT2D eigenvalue weighted by Crippen LogP contribution is 2.22. The van der Waals surface area contributed by atoms with Gasteiger partial charge >= 0.3 is 0 Å². The average Bonchev–Trinajstić information content (AvgIpc) is 2.72. The lowest BCUT2D eigenvalue weighted by Gasteiger charge is -2.06. The maximum absolute atomic E-state index is 10.9. The molecule has 2 aromatic heterocycles. The third-order valence-corrected chi connectivity index (χ3v) is 4.00. The maximum Gasteiger partial charge on any atom is 0.156 e. The number of nitrogens with one attached hydrogen (secondary N) is 1. The highest BCUT2D eigenvalue weighted by atomic mass is 79.9. The quantitative estimate of drug-likeness (QED) is 0.689. The number of aromatic nitrogens is 2. The van der Waals surface area contributed by atoms with E-state index in [1.54, 1.807) is 11.3 Å². The zero-order valence-corrected chi connectivity index (χ0v) is 11.6. The van der Waals surface area contributed by atoms with Gasteiger partial charge in [-0.25, -0.2) is 9.97 Å². The highest BCUT2D eigenvalue weighted by Gasteiger charge is 2.08. The smallest absolute Gasteiger partial charge is 0.156 e. The molecule has 0 fully saturated rings. The van der Waals surface area contributed by atoms with Crippen LogP contribution < -0.4 is 5.32 Å². The SMILES string of the molecule is O=Cc1c(Cl)ncnc1NCc1cc(Br)cs1. The lowest BCUT2D eigenvalue weighted by molar-refractivity contribution is 0.112. The van der Waals surface area contributed by atoms with E-state index in [2.05, 4.69) is 31.2 Å². The molecule has 0 aromatic carbocycles. The van der Waals surface area contributed by atoms with Crippen LogP contribution in [0.25, 0.3) is 0 Å². The second kappa shape index (κ2) is 5.57. The third kappa shape index (κ3) is 3.02. The van der Waals surface area contributed by atoms with Gasteiger partial charge in [0.15, 0.2) is 6.29 Å². The van der Waals surface area contributed by atoms with Crippen LogP contribution in [0.2, 0.25) is 5.15 Å². The number of hydrogen-bond acceptors (Lipinski definition) is 5. The molecular formula is C10H7BrClN3OS. The maximum atomic E-state index is 10.9. The molecule has 0 unspecified atom stereocenters. The minimum absolute atomic E-state index is 0.157. The topological polar surface area (TPSA) is 54.9 Å². The fourth-order valence-corrected chi connectivity index (χ4v) is 2.81. The van der Waals surface area contributed by atoms with E-state index in [1.807, 2.05) is 11.4 Å². The van der Waals surface area contributed by atoms with Crippen LogP contribution in [-0.2, 0) is 6.54 Å². The van der Waals surface area contributed by atoms with Crippen molar-refractivity contribution in [1.29, 1.82) is 0 Å². The first-order valence-corrected chi connectivity index (χ1v) is 6.68. The minimum Gasteiger partial charge on any atom is -0.364 e. The lowest BCUT2D eigenvalue weighted by atomic mass is 10.3. The van der Waals surface area contributed by atoms with Crippen molar-refractivity contribution in [3.63, 3.8) is 0 Å². The van der Waals surface area contributed by atoms with Gasteiger partial charge < -0.3 is 5.32 Å². The molecule has 2 aromatic rings. The Labute approximate surface area is 115 Å². The van der Waals surface area contributed by atoms with Crippen LogP contribution in [0.1, 0.15) is 15.2 Å². The molecular weight excluding hydrogens is 326 g/mol. The predicted octanol–water partition coefficient (Wildman–Crippen LogP) is 3.38. The predicted molar refractivity (Wildman–Crippen MR) is 71.8 cm³/mol. The van der Waals surface area contributed by atoms with Gasteiger partial charge in [-0.3, -0.25) is 4.79 Å². The van der Waals surface area contributed by atoms with Crippen molar-refractivity contribution in [1.82, 2.24) is 9.97 Å². The summed E-state index contributed by atoms with van der Waals surface area (Å²) in [5.41, 5.74) is 0.282. The van der Waals surface area contributed by atoms with Crippen molar-refractivity contribution in [3.8, 4) is 0 Å². The molecule has 88 valence electrons. The van der Waals surface area contributed by atoms with Gasteiger partial charge in [-0.1, -0.05) is 11.6 Å². The summed E-state index contributed by atoms with van der Waals surface area (Å²) in [4.78, 5) is 19.7. The molecule has 2 rings (SSSR count). The lowest BCUT2D eigenvalue weighted by Crippen LogP contribution is -2.04. The minimum atomic E-state index is 0.157. The molecule has 7 heteroatoms. The van der Waals surface area contributed by atoms with Crippen molar-refractivity contribution < 1.29 is 4.79 Å². The fraction of sp³-hybridized carbons (Fsp3) is 0.100. The van der Waals surface area contributed by atoms with Crippen LogP contribution >= 0.6 is 38.9 Å². The molecule has 0 aliphatic heterocycles. The molecule has 4 nitrogen and oxygen atoms in total. The molecule has 0 aliphatic carbocycles. The summed E-state index contributed by atoms with van der Waals surface area (Å²) in [7, 11) is 0. The van der Waals surface area contributed by atoms with Crippen molar-refractivity contribution >= 4 is 51.0 Å². The summed E-state index contributed by atoms with van der Waals surface area (Å²) in [6, 6.07) is 2.00. The first-order valence-electron chi connectivity index (χ1n) is 4.63. The number of carbonyl (C=O) groups excluding carboxylic acids is 1. The Balaban J connectivity index is 2.14. The average molecular weight is 333 g/mol. The summed E-state index contributed by atoms with van der Waals surface area (Å²) in [5, 5.41) is 5.21. The number of anilines is 1. The molecule has 0 radical (unpaired) electrons. The van der Waals surface area contributed by atoms with E-state index in [0.29, 0.717) is 18.6 Å². The van der Waals surface area contributed by atoms with Crippen molar-refractivity contribution in [3.05, 3.63) is 37.8 Å². The Hall–Kier alpha value is -0.980. The van der Waals surface area contributed by atoms with Crippen LogP contribution in [0.3, 0.4) is 0 Å². The van der Waals surface area contributed by atoms with Gasteiger partial charge in [-0.15, -0.1) is 11.3 Å². The van der Waals surface area contributed by atoms with Crippen molar-refractivity contribution in [2.45, 2.75) is 6.54 Å². The van der Waals surface area contributed by atoms with E-state index in [1.165, 1.54) is 6.33 Å². The van der Waals surface area contributed by atoms with Gasteiger partial charge in [-0.05, 0) is 22.0 Å². The number of halogens is 2. The number of hydrogen-bond donors (Lipinski definition) is 1. The number of aldehydes is 1. The number of rotatable bonds is 4. The Morgan fingerprint density at radius 1 is 1.53 bits per heavy atom. The van der Waals surface area contributed by atoms with E-state index >= 15 is 0 Å². The summed E-state index contributed by atoms with van der Waals surface area (Å²) >= 11 is 10.8. The Bertz CT molecular complexity index is 546. The number of thiophene rings is 1. The summed E-state index contributed by atoms with van der Waals surface area (Å²) < 4.78 is 1.04. The van der Waals surface area contributed by atoms with E-state index in [-0.39, 0.29) is 10.7 Å². The Morgan fingerprint density at radius 2 is 2.35 bits per heavy atom. The van der Waals surface area contributed by atoms with Gasteiger partial charge in [0.05, 0.1) is 12.1 Å². The fourth-order valence-electron chi connectivity index (χ4n) is 1.24. The van der Waals surface area contributed by atoms with E-state index in [0.717, 1.165) is 9.35 Å². The van der Waals surface area contributed by atoms with E-state index < -0.39 is 0 Å². The first kappa shape index (κ1) is 12.5. The van der Waals surface area contributed by atoms with Crippen LogP contribution in [0.4, 0.5) is 5.82 Å². The van der Waals surface area contributed by atoms with E-state index in [9.17, 15) is 4.79 Å². The summed E-state index contributed by atoms with van der Waals surface area (Å²) in [6.07, 6.45) is 1.97. The Kier molecular flexibility index (Phi) is 4.09. The molecule has 0 saturated heterocycles. The molecule has 0 atom stereocenters. The molecule has 17 heavy (non-hydrogen) atoms. The molecule has 0 bridgehead atoms. The second-order valence-corrected chi connectivity index (χ2v) is 5.40. The van der Waals surface area contributed by atoms with Crippen LogP contribution in [0.5, 0.6) is 0 Å². The van der Waals surface area contributed by atoms with Crippen molar-refractivity contribution in [2.75, 3.05) is 5.32 Å². The molecule has 0 aliphatic rings. The van der Waals surface area contributed by atoms with E-state index in [4.69, 9.17) is 11.6 Å². The second-order valence-electron chi connectivity index (χ2n) is 3.13. The number of nitrogens with zero attached hydrogens (tertiary/aromatic N) is 2. The summed E-state index contributed by atoms with van der Waals surface area (Å²) in [5.74, 6) is 0.449. The van der Waals surface area contributed by atoms with Crippen LogP contribution in [-0.4, -0.2) is 16.3 Å². The molecule has 0 amide bonds. The van der Waals surface area contributed by atoms with Gasteiger partial charge in [0.25, 0.3) is 0 Å². The van der Waals surface area contributed by atoms with Gasteiger partial charge in [-0.2, -0.15) is 0 Å². The highest BCUT2D eigenvalue weighted by molar-refractivity contribution is 9.10. The molecule has 2 heterocycles. The first-order chi connectivity index (χ1) is 8.20. The largest absolute Gasteiger partial charge is 0.364 e. The monoisotopic (exact) mass is 331 g/mol. The van der Waals surface area contributed by atoms with Crippen LogP contribution in [0.15, 0.2) is 22.2 Å². The molecule has 0 saturated carbocycles. The molecule has 1 N–H and O–H groups in total. The van der Waals surface area contributed by atoms with Gasteiger partial charge in [0.2, 0.25) is 0 Å². The normalized spacial score (nSPS) is 10.2. The molecule has 0 spiro atoms. The van der Waals surface area contributed by atoms with Gasteiger partial charge in [0, 0.05) is 14.7 Å². The zero-order chi connectivity index (χ0) is 12.3. The Morgan fingerprint density at radius 3 is 3.00 bits per heavy atom. The number of carbonyl (C=O) groups is 1. The van der Waals surface area contributed by atoms with Crippen LogP contribution in [0, 0.1) is 0 Å². The third-order valence-electron chi connectivity index (χ3n) is 2.00.